The lowest BCUT2D eigenvalue weighted by Crippen LogP contribution is -2.41. The Balaban J connectivity index is 1.56. The fourth-order valence-electron chi connectivity index (χ4n) is 2.80. The van der Waals surface area contributed by atoms with Crippen molar-refractivity contribution in [2.45, 2.75) is 18.9 Å². The highest BCUT2D eigenvalue weighted by Crippen LogP contribution is 2.28. The highest BCUT2D eigenvalue weighted by molar-refractivity contribution is 6.32. The summed E-state index contributed by atoms with van der Waals surface area (Å²) in [6.07, 6.45) is 7.44. The van der Waals surface area contributed by atoms with Gasteiger partial charge in [-0.3, -0.25) is 0 Å². The minimum atomic E-state index is -0.102. The quantitative estimate of drug-likeness (QED) is 0.935. The van der Waals surface area contributed by atoms with Crippen molar-refractivity contribution in [3.05, 3.63) is 41.9 Å². The molecule has 0 aliphatic carbocycles. The van der Waals surface area contributed by atoms with E-state index in [0.29, 0.717) is 22.5 Å². The van der Waals surface area contributed by atoms with Crippen molar-refractivity contribution in [2.75, 3.05) is 25.5 Å². The van der Waals surface area contributed by atoms with Gasteiger partial charge < -0.3 is 19.5 Å². The lowest BCUT2D eigenvalue weighted by molar-refractivity contribution is 0.183. The molecule has 0 spiro atoms. The van der Waals surface area contributed by atoms with Gasteiger partial charge >= 0.3 is 6.03 Å². The Morgan fingerprint density at radius 1 is 1.39 bits per heavy atom. The summed E-state index contributed by atoms with van der Waals surface area (Å²) in [5, 5.41) is 3.36. The largest absolute Gasteiger partial charge is 0.495 e. The maximum atomic E-state index is 12.3. The number of likely N-dealkylation sites (tertiary alicyclic amines) is 1. The number of carbonyl (C=O) groups excluding carboxylic acids is 1. The van der Waals surface area contributed by atoms with Gasteiger partial charge in [-0.25, -0.2) is 9.78 Å². The number of carbonyl (C=O) groups is 1. The van der Waals surface area contributed by atoms with E-state index >= 15 is 0 Å². The number of ether oxygens (including phenoxy) is 1. The first-order valence-electron chi connectivity index (χ1n) is 7.54. The van der Waals surface area contributed by atoms with E-state index in [4.69, 9.17) is 16.3 Å². The number of benzene rings is 1. The van der Waals surface area contributed by atoms with Gasteiger partial charge in [0, 0.05) is 37.2 Å². The first-order chi connectivity index (χ1) is 11.2. The Bertz CT molecular complexity index is 667. The zero-order valence-corrected chi connectivity index (χ0v) is 13.7. The Labute approximate surface area is 140 Å². The van der Waals surface area contributed by atoms with Crippen molar-refractivity contribution in [3.63, 3.8) is 0 Å². The standard InChI is InChI=1S/C16H19ClN4O2/c1-23-15-3-2-12(10-14(15)17)19-16(22)20-7-4-13(5-8-20)21-9-6-18-11-21/h2-3,6,9-11,13H,4-5,7-8H2,1H3,(H,19,22). The minimum absolute atomic E-state index is 0.102. The summed E-state index contributed by atoms with van der Waals surface area (Å²) in [6.45, 7) is 1.44. The molecule has 1 aromatic heterocycles. The van der Waals surface area contributed by atoms with Gasteiger partial charge in [0.2, 0.25) is 0 Å². The number of nitrogens with zero attached hydrogens (tertiary/aromatic N) is 3. The van der Waals surface area contributed by atoms with Gasteiger partial charge in [-0.15, -0.1) is 0 Å². The molecule has 0 bridgehead atoms. The Morgan fingerprint density at radius 3 is 2.78 bits per heavy atom. The monoisotopic (exact) mass is 334 g/mol. The molecule has 1 aliphatic heterocycles. The summed E-state index contributed by atoms with van der Waals surface area (Å²) in [7, 11) is 1.56. The first-order valence-corrected chi connectivity index (χ1v) is 7.92. The van der Waals surface area contributed by atoms with Gasteiger partial charge in [-0.2, -0.15) is 0 Å². The van der Waals surface area contributed by atoms with Gasteiger partial charge in [0.25, 0.3) is 0 Å². The predicted octanol–water partition coefficient (Wildman–Crippen LogP) is 3.41. The molecule has 2 amide bonds. The molecule has 0 radical (unpaired) electrons. The highest BCUT2D eigenvalue weighted by atomic mass is 35.5. The number of nitrogens with one attached hydrogen (secondary N) is 1. The normalized spacial score (nSPS) is 15.5. The van der Waals surface area contributed by atoms with Crippen molar-refractivity contribution in [3.8, 4) is 5.75 Å². The molecule has 0 atom stereocenters. The number of urea groups is 1. The van der Waals surface area contributed by atoms with Crippen molar-refractivity contribution < 1.29 is 9.53 Å². The number of anilines is 1. The second-order valence-electron chi connectivity index (χ2n) is 5.51. The van der Waals surface area contributed by atoms with Crippen molar-refractivity contribution in [1.82, 2.24) is 14.5 Å². The van der Waals surface area contributed by atoms with E-state index in [0.717, 1.165) is 25.9 Å². The van der Waals surface area contributed by atoms with Crippen molar-refractivity contribution in [1.29, 1.82) is 0 Å². The lowest BCUT2D eigenvalue weighted by atomic mass is 10.1. The molecular weight excluding hydrogens is 316 g/mol. The molecule has 1 N–H and O–H groups in total. The number of hydrogen-bond acceptors (Lipinski definition) is 3. The molecule has 1 aromatic carbocycles. The highest BCUT2D eigenvalue weighted by Gasteiger charge is 2.23. The van der Waals surface area contributed by atoms with E-state index in [1.54, 1.807) is 31.5 Å². The second kappa shape index (κ2) is 6.91. The van der Waals surface area contributed by atoms with E-state index in [2.05, 4.69) is 14.9 Å². The van der Waals surface area contributed by atoms with Crippen LogP contribution in [-0.2, 0) is 0 Å². The molecule has 1 fully saturated rings. The molecule has 0 saturated carbocycles. The molecule has 1 aliphatic rings. The molecule has 3 rings (SSSR count). The average Bonchev–Trinajstić information content (AvgIpc) is 3.09. The fraction of sp³-hybridized carbons (Fsp3) is 0.375. The van der Waals surface area contributed by atoms with E-state index in [1.807, 2.05) is 17.4 Å². The predicted molar refractivity (Wildman–Crippen MR) is 89.1 cm³/mol. The van der Waals surface area contributed by atoms with Crippen molar-refractivity contribution in [2.24, 2.45) is 0 Å². The SMILES string of the molecule is COc1ccc(NC(=O)N2CCC(n3ccnc3)CC2)cc1Cl. The number of amides is 2. The van der Waals surface area contributed by atoms with Crippen LogP contribution in [0, 0.1) is 0 Å². The summed E-state index contributed by atoms with van der Waals surface area (Å²) in [5.74, 6) is 0.589. The van der Waals surface area contributed by atoms with Crippen LogP contribution < -0.4 is 10.1 Å². The molecule has 1 saturated heterocycles. The fourth-order valence-corrected chi connectivity index (χ4v) is 3.06. The van der Waals surface area contributed by atoms with Gasteiger partial charge in [0.05, 0.1) is 18.5 Å². The summed E-state index contributed by atoms with van der Waals surface area (Å²) in [6, 6.07) is 5.52. The number of imidazole rings is 1. The van der Waals surface area contributed by atoms with Gasteiger partial charge in [-0.05, 0) is 31.0 Å². The van der Waals surface area contributed by atoms with Crippen molar-refractivity contribution >= 4 is 23.3 Å². The second-order valence-corrected chi connectivity index (χ2v) is 5.91. The van der Waals surface area contributed by atoms with Crippen LogP contribution in [0.4, 0.5) is 10.5 Å². The Kier molecular flexibility index (Phi) is 4.71. The molecule has 0 unspecified atom stereocenters. The lowest BCUT2D eigenvalue weighted by Gasteiger charge is -2.32. The smallest absolute Gasteiger partial charge is 0.321 e. The first kappa shape index (κ1) is 15.7. The molecule has 2 aromatic rings. The number of halogens is 1. The zero-order valence-electron chi connectivity index (χ0n) is 12.9. The van der Waals surface area contributed by atoms with E-state index in [9.17, 15) is 4.79 Å². The molecule has 7 heteroatoms. The van der Waals surface area contributed by atoms with E-state index < -0.39 is 0 Å². The summed E-state index contributed by atoms with van der Waals surface area (Å²) >= 11 is 6.08. The van der Waals surface area contributed by atoms with Crippen LogP contribution in [0.15, 0.2) is 36.9 Å². The number of aromatic nitrogens is 2. The Morgan fingerprint density at radius 2 is 2.17 bits per heavy atom. The van der Waals surface area contributed by atoms with Crippen LogP contribution in [0.2, 0.25) is 5.02 Å². The van der Waals surface area contributed by atoms with Gasteiger partial charge in [0.15, 0.2) is 0 Å². The summed E-state index contributed by atoms with van der Waals surface area (Å²) < 4.78 is 7.22. The van der Waals surface area contributed by atoms with Crippen LogP contribution in [0.3, 0.4) is 0 Å². The number of piperidine rings is 1. The van der Waals surface area contributed by atoms with E-state index in [1.165, 1.54) is 0 Å². The topological polar surface area (TPSA) is 59.4 Å². The number of rotatable bonds is 3. The van der Waals surface area contributed by atoms with E-state index in [-0.39, 0.29) is 6.03 Å². The summed E-state index contributed by atoms with van der Waals surface area (Å²) in [4.78, 5) is 18.2. The van der Waals surface area contributed by atoms with Crippen LogP contribution in [-0.4, -0.2) is 40.7 Å². The maximum absolute atomic E-state index is 12.3. The molecule has 6 nitrogen and oxygen atoms in total. The number of hydrogen-bond donors (Lipinski definition) is 1. The average molecular weight is 335 g/mol. The van der Waals surface area contributed by atoms with Crippen LogP contribution >= 0.6 is 11.6 Å². The van der Waals surface area contributed by atoms with Crippen LogP contribution in [0.5, 0.6) is 5.75 Å². The third-order valence-electron chi connectivity index (χ3n) is 4.10. The third kappa shape index (κ3) is 3.59. The zero-order chi connectivity index (χ0) is 16.2. The summed E-state index contributed by atoms with van der Waals surface area (Å²) in [5.41, 5.74) is 0.664. The minimum Gasteiger partial charge on any atom is -0.495 e. The number of methoxy groups -OCH3 is 1. The molecule has 2 heterocycles. The Hall–Kier alpha value is -2.21. The van der Waals surface area contributed by atoms with Gasteiger partial charge in [0.1, 0.15) is 5.75 Å². The molecule has 23 heavy (non-hydrogen) atoms. The van der Waals surface area contributed by atoms with Crippen LogP contribution in [0.25, 0.3) is 0 Å². The van der Waals surface area contributed by atoms with Gasteiger partial charge in [-0.1, -0.05) is 11.6 Å². The maximum Gasteiger partial charge on any atom is 0.321 e. The third-order valence-corrected chi connectivity index (χ3v) is 4.40. The molecular formula is C16H19ClN4O2. The van der Waals surface area contributed by atoms with Crippen LogP contribution in [0.1, 0.15) is 18.9 Å². The molecule has 122 valence electrons.